The SMILES string of the molecule is [C+4].[C+4].[C+4].[O-][Si]([O-])([O-])O.[O-][Si]([O-])([O-])O.[O-][Si]([O-])([O-])O.[O-][Si]([O-])([O-])O. The van der Waals surface area contributed by atoms with Crippen LogP contribution in [0.2, 0.25) is 0 Å². The quantitative estimate of drug-likeness (QED) is 0.270. The van der Waals surface area contributed by atoms with Gasteiger partial charge in [0.25, 0.3) is 0 Å². The Balaban J connectivity index is -0.0000000284. The van der Waals surface area contributed by atoms with E-state index in [0.717, 1.165) is 0 Å². The van der Waals surface area contributed by atoms with Gasteiger partial charge in [0.2, 0.25) is 0 Å². The van der Waals surface area contributed by atoms with E-state index >= 15 is 0 Å². The first-order valence-corrected chi connectivity index (χ1v) is 10.0. The Labute approximate surface area is 136 Å². The molecule has 0 atom stereocenters. The van der Waals surface area contributed by atoms with E-state index in [1.165, 1.54) is 0 Å². The third-order valence-electron chi connectivity index (χ3n) is 0. The van der Waals surface area contributed by atoms with Crippen LogP contribution in [0.5, 0.6) is 0 Å². The summed E-state index contributed by atoms with van der Waals surface area (Å²) in [6, 6.07) is 0. The first kappa shape index (κ1) is 43.6. The molecule has 0 spiro atoms. The summed E-state index contributed by atoms with van der Waals surface area (Å²) in [5, 5.41) is 0. The molecule has 0 aliphatic heterocycles. The molecule has 20 heteroatoms. The van der Waals surface area contributed by atoms with Crippen molar-refractivity contribution in [1.82, 2.24) is 0 Å². The molecule has 4 N–H and O–H groups in total. The van der Waals surface area contributed by atoms with E-state index in [1.807, 2.05) is 0 Å². The zero-order valence-electron chi connectivity index (χ0n) is 10.2. The van der Waals surface area contributed by atoms with Crippen molar-refractivity contribution in [3.05, 3.63) is 22.3 Å². The number of rotatable bonds is 0. The summed E-state index contributed by atoms with van der Waals surface area (Å²) in [4.78, 5) is 132. The summed E-state index contributed by atoms with van der Waals surface area (Å²) in [6.07, 6.45) is 0. The normalized spacial score (nSPS) is 10.4. The van der Waals surface area contributed by atoms with Gasteiger partial charge in [0, 0.05) is 0 Å². The van der Waals surface area contributed by atoms with Crippen LogP contribution in [0.25, 0.3) is 0 Å². The molecule has 0 bridgehead atoms. The second-order valence-corrected chi connectivity index (χ2v) is 6.29. The second-order valence-electron chi connectivity index (χ2n) is 2.10. The van der Waals surface area contributed by atoms with Gasteiger partial charge in [-0.15, -0.1) is 36.2 Å². The number of hydrogen-bond acceptors (Lipinski definition) is 16. The van der Waals surface area contributed by atoms with Crippen LogP contribution in [0.3, 0.4) is 0 Å². The smallest absolute Gasteiger partial charge is 0.861 e. The Morgan fingerprint density at radius 3 is 0.304 bits per heavy atom. The molecule has 0 rings (SSSR count). The van der Waals surface area contributed by atoms with Crippen LogP contribution in [-0.4, -0.2) is 55.4 Å². The first-order chi connectivity index (χ1) is 8.00. The summed E-state index contributed by atoms with van der Waals surface area (Å²) >= 11 is 0. The molecule has 128 valence electrons. The van der Waals surface area contributed by atoms with Crippen molar-refractivity contribution in [3.8, 4) is 0 Å². The minimum Gasteiger partial charge on any atom is -0.861 e. The minimum atomic E-state index is -5.36. The molecule has 0 heterocycles. The fourth-order valence-electron chi connectivity index (χ4n) is 0. The van der Waals surface area contributed by atoms with Gasteiger partial charge in [-0.2, -0.15) is 0 Å². The van der Waals surface area contributed by atoms with Crippen molar-refractivity contribution < 1.29 is 76.7 Å². The maximum atomic E-state index is 8.69. The van der Waals surface area contributed by atoms with Gasteiger partial charge in [-0.1, -0.05) is 0 Å². The van der Waals surface area contributed by atoms with Gasteiger partial charge >= 0.3 is 22.3 Å². The van der Waals surface area contributed by atoms with Gasteiger partial charge in [-0.05, 0) is 0 Å². The zero-order valence-corrected chi connectivity index (χ0v) is 14.2. The Bertz CT molecular complexity index is 137. The van der Waals surface area contributed by atoms with Gasteiger partial charge in [0.1, 0.15) is 0 Å². The molecule has 0 saturated heterocycles. The summed E-state index contributed by atoms with van der Waals surface area (Å²) < 4.78 is 0. The molecule has 23 heavy (non-hydrogen) atoms. The predicted molar refractivity (Wildman–Crippen MR) is 41.6 cm³/mol. The molecule has 0 aliphatic carbocycles. The molecular formula is C3H4O16Si4. The zero-order chi connectivity index (χ0) is 18.0. The van der Waals surface area contributed by atoms with Crippen molar-refractivity contribution in [1.29, 1.82) is 0 Å². The molecule has 0 saturated carbocycles. The summed E-state index contributed by atoms with van der Waals surface area (Å²) in [5.74, 6) is 0. The Kier molecular flexibility index (Phi) is 32.3. The molecule has 0 aromatic carbocycles. The van der Waals surface area contributed by atoms with E-state index in [-0.39, 0.29) is 22.3 Å². The van der Waals surface area contributed by atoms with Gasteiger partial charge in [0.15, 0.2) is 0 Å². The first-order valence-electron chi connectivity index (χ1n) is 3.34. The van der Waals surface area contributed by atoms with E-state index in [2.05, 4.69) is 0 Å². The fourth-order valence-corrected chi connectivity index (χ4v) is 0. The Hall–Kier alpha value is 0.228. The molecule has 0 fully saturated rings. The topological polar surface area (TPSA) is 358 Å². The van der Waals surface area contributed by atoms with E-state index in [9.17, 15) is 0 Å². The largest absolute Gasteiger partial charge is 4.00 e. The third-order valence-corrected chi connectivity index (χ3v) is 0. The Morgan fingerprint density at radius 1 is 0.304 bits per heavy atom. The van der Waals surface area contributed by atoms with E-state index in [4.69, 9.17) is 76.7 Å². The Morgan fingerprint density at radius 2 is 0.304 bits per heavy atom. The fraction of sp³-hybridized carbons (Fsp3) is 0. The maximum Gasteiger partial charge on any atom is 4.00 e. The van der Waals surface area contributed by atoms with Crippen molar-refractivity contribution >= 4 is 36.2 Å². The predicted octanol–water partition coefficient (Wildman–Crippen LogP) is -17.8. The number of hydrogen-bond donors (Lipinski definition) is 4. The molecule has 0 unspecified atom stereocenters. The van der Waals surface area contributed by atoms with Crippen LogP contribution in [0.4, 0.5) is 0 Å². The maximum absolute atomic E-state index is 8.69. The average Bonchev–Trinajstić information content (AvgIpc) is 1.62. The summed E-state index contributed by atoms with van der Waals surface area (Å²) in [5.41, 5.74) is 0. The van der Waals surface area contributed by atoms with Gasteiger partial charge in [0.05, 0.1) is 0 Å². The van der Waals surface area contributed by atoms with Crippen LogP contribution < -0.4 is 57.5 Å². The molecule has 16 nitrogen and oxygen atoms in total. The van der Waals surface area contributed by atoms with Crippen LogP contribution in [0, 0.1) is 22.3 Å². The molecule has 0 aliphatic rings. The van der Waals surface area contributed by atoms with E-state index in [1.54, 1.807) is 0 Å². The molecule has 0 radical (unpaired) electrons. The van der Waals surface area contributed by atoms with Crippen molar-refractivity contribution in [2.45, 2.75) is 0 Å². The summed E-state index contributed by atoms with van der Waals surface area (Å²) in [7, 11) is -21.4. The molecule has 0 amide bonds. The standard InChI is InChI=1S/3C.4HO4Si/c;;;4*1-5(2,3)4/h;;;4*1H/q3*+4;4*-3. The van der Waals surface area contributed by atoms with Crippen LogP contribution in [-0.2, 0) is 0 Å². The summed E-state index contributed by atoms with van der Waals surface area (Å²) in [6.45, 7) is 0. The van der Waals surface area contributed by atoms with E-state index < -0.39 is 36.2 Å². The monoisotopic (exact) mass is 408 g/mol. The average molecular weight is 408 g/mol. The molecule has 0 aromatic heterocycles. The van der Waals surface area contributed by atoms with Crippen molar-refractivity contribution in [2.24, 2.45) is 0 Å². The second kappa shape index (κ2) is 17.1. The van der Waals surface area contributed by atoms with Gasteiger partial charge in [-0.25, -0.2) is 0 Å². The minimum absolute atomic E-state index is 0. The van der Waals surface area contributed by atoms with Gasteiger partial charge in [-0.3, -0.25) is 0 Å². The van der Waals surface area contributed by atoms with Crippen LogP contribution in [0.1, 0.15) is 0 Å². The molecule has 0 aromatic rings. The third kappa shape index (κ3) is 176000. The van der Waals surface area contributed by atoms with E-state index in [0.29, 0.717) is 0 Å². The van der Waals surface area contributed by atoms with Crippen LogP contribution in [0.15, 0.2) is 0 Å². The van der Waals surface area contributed by atoms with Crippen molar-refractivity contribution in [3.63, 3.8) is 0 Å². The van der Waals surface area contributed by atoms with Crippen LogP contribution >= 0.6 is 0 Å². The molecular weight excluding hydrogens is 404 g/mol. The van der Waals surface area contributed by atoms with Crippen molar-refractivity contribution in [2.75, 3.05) is 0 Å². The van der Waals surface area contributed by atoms with Gasteiger partial charge < -0.3 is 76.7 Å².